The molecule has 0 atom stereocenters. The zero-order valence-electron chi connectivity index (χ0n) is 9.73. The lowest BCUT2D eigenvalue weighted by molar-refractivity contribution is 0.370. The number of pyridine rings is 1. The van der Waals surface area contributed by atoms with Crippen molar-refractivity contribution in [1.29, 1.82) is 0 Å². The van der Waals surface area contributed by atoms with E-state index in [9.17, 15) is 4.39 Å². The molecular formula is C13H9BrFN3O. The van der Waals surface area contributed by atoms with Crippen molar-refractivity contribution in [2.75, 3.05) is 12.3 Å². The number of fused-ring (bicyclic) bond motifs is 1. The highest BCUT2D eigenvalue weighted by Crippen LogP contribution is 2.43. The van der Waals surface area contributed by atoms with Crippen molar-refractivity contribution in [2.45, 2.75) is 0 Å². The summed E-state index contributed by atoms with van der Waals surface area (Å²) in [7, 11) is 0. The quantitative estimate of drug-likeness (QED) is 0.821. The molecule has 1 aliphatic rings. The smallest absolute Gasteiger partial charge is 0.162 e. The topological polar surface area (TPSA) is 60.5 Å². The van der Waals surface area contributed by atoms with Crippen molar-refractivity contribution in [3.8, 4) is 5.75 Å². The molecular weight excluding hydrogens is 313 g/mol. The van der Waals surface area contributed by atoms with Crippen molar-refractivity contribution in [3.05, 3.63) is 46.4 Å². The summed E-state index contributed by atoms with van der Waals surface area (Å²) in [5.74, 6) is -0.0584. The molecule has 0 spiro atoms. The average Bonchev–Trinajstić information content (AvgIpc) is 2.45. The number of anilines is 1. The number of hydrogen-bond acceptors (Lipinski definition) is 4. The van der Waals surface area contributed by atoms with Crippen LogP contribution in [0.4, 0.5) is 15.8 Å². The van der Waals surface area contributed by atoms with Crippen molar-refractivity contribution >= 4 is 33.0 Å². The van der Waals surface area contributed by atoms with Gasteiger partial charge in [0, 0.05) is 18.0 Å². The Morgan fingerprint density at radius 3 is 3.00 bits per heavy atom. The van der Waals surface area contributed by atoms with Crippen LogP contribution in [0.3, 0.4) is 0 Å². The lowest BCUT2D eigenvalue weighted by Crippen LogP contribution is -2.17. The number of rotatable bonds is 1. The third-order valence-electron chi connectivity index (χ3n) is 2.79. The van der Waals surface area contributed by atoms with Crippen molar-refractivity contribution in [1.82, 2.24) is 4.98 Å². The minimum atomic E-state index is -0.523. The van der Waals surface area contributed by atoms with Crippen LogP contribution in [0, 0.1) is 5.82 Å². The van der Waals surface area contributed by atoms with Gasteiger partial charge in [0.1, 0.15) is 18.1 Å². The first-order chi connectivity index (χ1) is 9.16. The van der Waals surface area contributed by atoms with Gasteiger partial charge in [-0.1, -0.05) is 0 Å². The first-order valence-electron chi connectivity index (χ1n) is 5.55. The molecule has 2 aromatic rings. The summed E-state index contributed by atoms with van der Waals surface area (Å²) in [5, 5.41) is 0. The van der Waals surface area contributed by atoms with Crippen LogP contribution in [-0.2, 0) is 0 Å². The van der Waals surface area contributed by atoms with Gasteiger partial charge in [-0.25, -0.2) is 9.38 Å². The zero-order valence-corrected chi connectivity index (χ0v) is 11.3. The summed E-state index contributed by atoms with van der Waals surface area (Å²) in [6.45, 7) is 0.294. The molecule has 19 heavy (non-hydrogen) atoms. The minimum Gasteiger partial charge on any atom is -0.484 e. The van der Waals surface area contributed by atoms with Crippen LogP contribution in [0.1, 0.15) is 5.56 Å². The Morgan fingerprint density at radius 1 is 1.42 bits per heavy atom. The number of halogens is 2. The Morgan fingerprint density at radius 2 is 2.26 bits per heavy atom. The second kappa shape index (κ2) is 4.62. The van der Waals surface area contributed by atoms with Crippen molar-refractivity contribution in [2.24, 2.45) is 4.99 Å². The summed E-state index contributed by atoms with van der Waals surface area (Å²) in [4.78, 5) is 8.42. The molecule has 6 heteroatoms. The van der Waals surface area contributed by atoms with E-state index in [1.165, 1.54) is 6.07 Å². The molecule has 0 bridgehead atoms. The molecule has 0 saturated carbocycles. The molecule has 1 aromatic heterocycles. The molecule has 0 saturated heterocycles. The molecule has 0 fully saturated rings. The molecule has 4 nitrogen and oxygen atoms in total. The predicted molar refractivity (Wildman–Crippen MR) is 74.4 cm³/mol. The Kier molecular flexibility index (Phi) is 2.94. The van der Waals surface area contributed by atoms with Crippen LogP contribution in [0.2, 0.25) is 0 Å². The van der Waals surface area contributed by atoms with Crippen LogP contribution in [-0.4, -0.2) is 17.3 Å². The van der Waals surface area contributed by atoms with E-state index < -0.39 is 5.82 Å². The molecule has 2 N–H and O–H groups in total. The van der Waals surface area contributed by atoms with Gasteiger partial charge < -0.3 is 10.5 Å². The highest BCUT2D eigenvalue weighted by Gasteiger charge is 2.22. The monoisotopic (exact) mass is 321 g/mol. The number of nitrogen functional groups attached to an aromatic ring is 1. The van der Waals surface area contributed by atoms with Gasteiger partial charge >= 0.3 is 0 Å². The fourth-order valence-electron chi connectivity index (χ4n) is 1.84. The Labute approximate surface area is 117 Å². The minimum absolute atomic E-state index is 0.0145. The van der Waals surface area contributed by atoms with Gasteiger partial charge in [0.05, 0.1) is 15.9 Å². The summed E-state index contributed by atoms with van der Waals surface area (Å²) in [5.41, 5.74) is 7.51. The summed E-state index contributed by atoms with van der Waals surface area (Å²) in [6, 6.07) is 4.95. The van der Waals surface area contributed by atoms with Crippen LogP contribution >= 0.6 is 15.9 Å². The van der Waals surface area contributed by atoms with E-state index in [0.29, 0.717) is 28.2 Å². The number of nitrogens with two attached hydrogens (primary N) is 1. The van der Waals surface area contributed by atoms with E-state index >= 15 is 0 Å². The summed E-state index contributed by atoms with van der Waals surface area (Å²) in [6.07, 6.45) is 3.35. The van der Waals surface area contributed by atoms with Gasteiger partial charge in [-0.3, -0.25) is 4.98 Å². The first-order valence-corrected chi connectivity index (χ1v) is 6.34. The lowest BCUT2D eigenvalue weighted by atomic mass is 10.1. The fourth-order valence-corrected chi connectivity index (χ4v) is 2.34. The molecule has 0 aliphatic carbocycles. The SMILES string of the molecule is Nc1c(F)cc(Br)c2c1N=C(c1cccnc1)CO2. The van der Waals surface area contributed by atoms with Crippen molar-refractivity contribution in [3.63, 3.8) is 0 Å². The van der Waals surface area contributed by atoms with Crippen LogP contribution < -0.4 is 10.5 Å². The van der Waals surface area contributed by atoms with Crippen molar-refractivity contribution < 1.29 is 9.13 Å². The molecule has 3 rings (SSSR count). The number of aromatic nitrogens is 1. The largest absolute Gasteiger partial charge is 0.484 e. The molecule has 1 aromatic carbocycles. The number of benzene rings is 1. The number of aliphatic imine (C=N–C) groups is 1. The van der Waals surface area contributed by atoms with E-state index in [1.807, 2.05) is 6.07 Å². The predicted octanol–water partition coefficient (Wildman–Crippen LogP) is 3.08. The standard InChI is InChI=1S/C13H9BrFN3O/c14-8-4-9(15)11(16)12-13(8)19-6-10(18-12)7-2-1-3-17-5-7/h1-5H,6,16H2. The summed E-state index contributed by atoms with van der Waals surface area (Å²) < 4.78 is 19.7. The van der Waals surface area contributed by atoms with Gasteiger partial charge in [0.25, 0.3) is 0 Å². The Balaban J connectivity index is 2.15. The van der Waals surface area contributed by atoms with E-state index in [-0.39, 0.29) is 5.69 Å². The van der Waals surface area contributed by atoms with Gasteiger partial charge in [-0.15, -0.1) is 0 Å². The van der Waals surface area contributed by atoms with Gasteiger partial charge in [0.15, 0.2) is 5.75 Å². The van der Waals surface area contributed by atoms with E-state index in [0.717, 1.165) is 5.56 Å². The van der Waals surface area contributed by atoms with Gasteiger partial charge in [0.2, 0.25) is 0 Å². The molecule has 0 unspecified atom stereocenters. The molecule has 96 valence electrons. The van der Waals surface area contributed by atoms with Gasteiger partial charge in [-0.05, 0) is 34.1 Å². The summed E-state index contributed by atoms with van der Waals surface area (Å²) >= 11 is 3.24. The average molecular weight is 322 g/mol. The second-order valence-electron chi connectivity index (χ2n) is 4.02. The lowest BCUT2D eigenvalue weighted by Gasteiger charge is -2.19. The highest BCUT2D eigenvalue weighted by atomic mass is 79.9. The van der Waals surface area contributed by atoms with Gasteiger partial charge in [-0.2, -0.15) is 0 Å². The van der Waals surface area contributed by atoms with E-state index in [2.05, 4.69) is 25.9 Å². The maximum Gasteiger partial charge on any atom is 0.162 e. The Bertz CT molecular complexity index is 673. The molecule has 0 amide bonds. The number of nitrogens with zero attached hydrogens (tertiary/aromatic N) is 2. The zero-order chi connectivity index (χ0) is 13.4. The number of hydrogen-bond donors (Lipinski definition) is 1. The second-order valence-corrected chi connectivity index (χ2v) is 4.87. The maximum atomic E-state index is 13.6. The van der Waals surface area contributed by atoms with Crippen LogP contribution in [0.25, 0.3) is 0 Å². The van der Waals surface area contributed by atoms with E-state index in [4.69, 9.17) is 10.5 Å². The number of ether oxygens (including phenoxy) is 1. The molecule has 1 aliphatic heterocycles. The van der Waals surface area contributed by atoms with Crippen LogP contribution in [0.15, 0.2) is 40.1 Å². The first kappa shape index (κ1) is 12.1. The fraction of sp³-hybridized carbons (Fsp3) is 0.0769. The molecule has 2 heterocycles. The normalized spacial score (nSPS) is 13.5. The van der Waals surface area contributed by atoms with E-state index in [1.54, 1.807) is 18.5 Å². The highest BCUT2D eigenvalue weighted by molar-refractivity contribution is 9.10. The van der Waals surface area contributed by atoms with Crippen LogP contribution in [0.5, 0.6) is 5.75 Å². The maximum absolute atomic E-state index is 13.6. The third kappa shape index (κ3) is 2.08. The molecule has 0 radical (unpaired) electrons. The third-order valence-corrected chi connectivity index (χ3v) is 3.38. The Hall–Kier alpha value is -1.95.